The van der Waals surface area contributed by atoms with E-state index < -0.39 is 5.97 Å². The molecular weight excluding hydrogens is 337 g/mol. The molecule has 0 atom stereocenters. The van der Waals surface area contributed by atoms with Gasteiger partial charge < -0.3 is 9.47 Å². The van der Waals surface area contributed by atoms with E-state index in [1.165, 1.54) is 12.1 Å². The number of rotatable bonds is 5. The van der Waals surface area contributed by atoms with Gasteiger partial charge in [0.25, 0.3) is 0 Å². The largest absolute Gasteiger partial charge is 0.490 e. The molecule has 0 radical (unpaired) electrons. The molecule has 0 heterocycles. The highest BCUT2D eigenvalue weighted by Crippen LogP contribution is 2.34. The van der Waals surface area contributed by atoms with Gasteiger partial charge >= 0.3 is 5.97 Å². The van der Waals surface area contributed by atoms with Crippen LogP contribution in [0.1, 0.15) is 29.3 Å². The number of nitrogens with zero attached hydrogens (tertiary/aromatic N) is 1. The van der Waals surface area contributed by atoms with Crippen LogP contribution < -0.4 is 9.47 Å². The molecule has 0 aliphatic rings. The maximum atomic E-state index is 12.2. The molecule has 2 aromatic rings. The van der Waals surface area contributed by atoms with Gasteiger partial charge in [0.05, 0.1) is 33.8 Å². The van der Waals surface area contributed by atoms with E-state index in [0.29, 0.717) is 23.7 Å². The van der Waals surface area contributed by atoms with Crippen LogP contribution in [0.3, 0.4) is 0 Å². The standard InChI is InChI=1S/C17H13Cl2NO3/c1-2-7-22-16-14(18)8-12(9-15(16)19)17(21)23-13-5-3-11(10-20)4-6-13/h3-6,8-9H,2,7H2,1H3. The number of halogens is 2. The van der Waals surface area contributed by atoms with Gasteiger partial charge in [-0.2, -0.15) is 5.26 Å². The predicted octanol–water partition coefficient (Wildman–Crippen LogP) is 4.87. The zero-order valence-corrected chi connectivity index (χ0v) is 13.8. The molecular formula is C17H13Cl2NO3. The topological polar surface area (TPSA) is 59.3 Å². The van der Waals surface area contributed by atoms with Gasteiger partial charge in [0.2, 0.25) is 0 Å². The monoisotopic (exact) mass is 349 g/mol. The number of carbonyl (C=O) groups excluding carboxylic acids is 1. The molecule has 0 saturated carbocycles. The zero-order valence-electron chi connectivity index (χ0n) is 12.3. The SMILES string of the molecule is CCCOc1c(Cl)cc(C(=O)Oc2ccc(C#N)cc2)cc1Cl. The fourth-order valence-electron chi connectivity index (χ4n) is 1.78. The molecule has 4 nitrogen and oxygen atoms in total. The maximum absolute atomic E-state index is 12.2. The van der Waals surface area contributed by atoms with Gasteiger partial charge in [-0.3, -0.25) is 0 Å². The fourth-order valence-corrected chi connectivity index (χ4v) is 2.38. The minimum Gasteiger partial charge on any atom is -0.490 e. The Morgan fingerprint density at radius 3 is 2.30 bits per heavy atom. The number of nitriles is 1. The van der Waals surface area contributed by atoms with Gasteiger partial charge in [-0.25, -0.2) is 4.79 Å². The van der Waals surface area contributed by atoms with Crippen LogP contribution in [0.4, 0.5) is 0 Å². The summed E-state index contributed by atoms with van der Waals surface area (Å²) in [5.74, 6) is 0.0817. The van der Waals surface area contributed by atoms with E-state index in [1.807, 2.05) is 13.0 Å². The summed E-state index contributed by atoms with van der Waals surface area (Å²) < 4.78 is 10.7. The van der Waals surface area contributed by atoms with Crippen LogP contribution in [0, 0.1) is 11.3 Å². The Kier molecular flexibility index (Phi) is 5.86. The molecule has 0 spiro atoms. The third-order valence-corrected chi connectivity index (χ3v) is 3.44. The second kappa shape index (κ2) is 7.87. The molecule has 0 aromatic heterocycles. The van der Waals surface area contributed by atoms with Crippen molar-refractivity contribution in [1.82, 2.24) is 0 Å². The molecule has 2 aromatic carbocycles. The van der Waals surface area contributed by atoms with Crippen molar-refractivity contribution in [3.63, 3.8) is 0 Å². The Morgan fingerprint density at radius 1 is 1.17 bits per heavy atom. The van der Waals surface area contributed by atoms with Gasteiger partial charge in [0.15, 0.2) is 5.75 Å². The van der Waals surface area contributed by atoms with Crippen LogP contribution in [0.5, 0.6) is 11.5 Å². The van der Waals surface area contributed by atoms with E-state index in [2.05, 4.69) is 0 Å². The average Bonchev–Trinajstić information content (AvgIpc) is 2.54. The van der Waals surface area contributed by atoms with Crippen molar-refractivity contribution < 1.29 is 14.3 Å². The first-order valence-corrected chi connectivity index (χ1v) is 7.65. The molecule has 0 amide bonds. The highest BCUT2D eigenvalue weighted by atomic mass is 35.5. The third kappa shape index (κ3) is 4.38. The Morgan fingerprint density at radius 2 is 1.78 bits per heavy atom. The Bertz CT molecular complexity index is 728. The first-order chi connectivity index (χ1) is 11.0. The van der Waals surface area contributed by atoms with Crippen molar-refractivity contribution >= 4 is 29.2 Å². The first kappa shape index (κ1) is 17.1. The first-order valence-electron chi connectivity index (χ1n) is 6.89. The van der Waals surface area contributed by atoms with E-state index in [1.54, 1.807) is 24.3 Å². The van der Waals surface area contributed by atoms with Gasteiger partial charge in [-0.05, 0) is 42.8 Å². The minimum absolute atomic E-state index is 0.216. The number of hydrogen-bond donors (Lipinski definition) is 0. The summed E-state index contributed by atoms with van der Waals surface area (Å²) in [4.78, 5) is 12.2. The molecule has 0 bridgehead atoms. The summed E-state index contributed by atoms with van der Waals surface area (Å²) in [5.41, 5.74) is 0.696. The molecule has 0 N–H and O–H groups in total. The lowest BCUT2D eigenvalue weighted by atomic mass is 10.2. The van der Waals surface area contributed by atoms with Crippen LogP contribution >= 0.6 is 23.2 Å². The normalized spacial score (nSPS) is 10.0. The van der Waals surface area contributed by atoms with Crippen molar-refractivity contribution in [3.05, 3.63) is 57.6 Å². The van der Waals surface area contributed by atoms with E-state index in [-0.39, 0.29) is 15.6 Å². The molecule has 0 aliphatic heterocycles. The Labute approximate surface area is 144 Å². The van der Waals surface area contributed by atoms with E-state index in [0.717, 1.165) is 6.42 Å². The van der Waals surface area contributed by atoms with Crippen molar-refractivity contribution in [2.75, 3.05) is 6.61 Å². The van der Waals surface area contributed by atoms with Crippen LogP contribution in [0.25, 0.3) is 0 Å². The Hall–Kier alpha value is -2.22. The van der Waals surface area contributed by atoms with Crippen LogP contribution in [-0.2, 0) is 0 Å². The molecule has 6 heteroatoms. The van der Waals surface area contributed by atoms with Crippen molar-refractivity contribution in [2.24, 2.45) is 0 Å². The number of ether oxygens (including phenoxy) is 2. The Balaban J connectivity index is 2.17. The summed E-state index contributed by atoms with van der Waals surface area (Å²) in [5, 5.41) is 9.23. The van der Waals surface area contributed by atoms with E-state index in [4.69, 9.17) is 37.9 Å². The van der Waals surface area contributed by atoms with Gasteiger partial charge in [-0.1, -0.05) is 30.1 Å². The van der Waals surface area contributed by atoms with Crippen molar-refractivity contribution in [3.8, 4) is 17.6 Å². The number of esters is 1. The highest BCUT2D eigenvalue weighted by molar-refractivity contribution is 6.37. The van der Waals surface area contributed by atoms with E-state index >= 15 is 0 Å². The lowest BCUT2D eigenvalue weighted by Crippen LogP contribution is -2.09. The zero-order chi connectivity index (χ0) is 16.8. The lowest BCUT2D eigenvalue weighted by Gasteiger charge is -2.11. The summed E-state index contributed by atoms with van der Waals surface area (Å²) >= 11 is 12.2. The molecule has 0 fully saturated rings. The quantitative estimate of drug-likeness (QED) is 0.570. The van der Waals surface area contributed by atoms with E-state index in [9.17, 15) is 4.79 Å². The summed E-state index contributed by atoms with van der Waals surface area (Å²) in [7, 11) is 0. The second-order valence-corrected chi connectivity index (χ2v) is 5.46. The third-order valence-electron chi connectivity index (χ3n) is 2.88. The highest BCUT2D eigenvalue weighted by Gasteiger charge is 2.15. The second-order valence-electron chi connectivity index (χ2n) is 4.64. The van der Waals surface area contributed by atoms with Crippen LogP contribution in [-0.4, -0.2) is 12.6 Å². The summed E-state index contributed by atoms with van der Waals surface area (Å²) in [6.07, 6.45) is 0.815. The molecule has 0 saturated heterocycles. The maximum Gasteiger partial charge on any atom is 0.343 e. The number of hydrogen-bond acceptors (Lipinski definition) is 4. The number of benzene rings is 2. The van der Waals surface area contributed by atoms with Crippen molar-refractivity contribution in [1.29, 1.82) is 5.26 Å². The van der Waals surface area contributed by atoms with Gasteiger partial charge in [0.1, 0.15) is 5.75 Å². The molecule has 0 unspecified atom stereocenters. The molecule has 0 aliphatic carbocycles. The molecule has 2 rings (SSSR count). The smallest absolute Gasteiger partial charge is 0.343 e. The predicted molar refractivity (Wildman–Crippen MR) is 88.4 cm³/mol. The fraction of sp³-hybridized carbons (Fsp3) is 0.176. The summed E-state index contributed by atoms with van der Waals surface area (Å²) in [6.45, 7) is 2.44. The van der Waals surface area contributed by atoms with Gasteiger partial charge in [-0.15, -0.1) is 0 Å². The van der Waals surface area contributed by atoms with Crippen LogP contribution in [0.15, 0.2) is 36.4 Å². The van der Waals surface area contributed by atoms with Crippen molar-refractivity contribution in [2.45, 2.75) is 13.3 Å². The van der Waals surface area contributed by atoms with Crippen LogP contribution in [0.2, 0.25) is 10.0 Å². The average molecular weight is 350 g/mol. The summed E-state index contributed by atoms with van der Waals surface area (Å²) in [6, 6.07) is 11.1. The minimum atomic E-state index is -0.597. The molecule has 23 heavy (non-hydrogen) atoms. The lowest BCUT2D eigenvalue weighted by molar-refractivity contribution is 0.0734. The number of carbonyl (C=O) groups is 1. The van der Waals surface area contributed by atoms with Gasteiger partial charge in [0, 0.05) is 0 Å². The molecule has 118 valence electrons.